The quantitative estimate of drug-likeness (QED) is 0.766. The van der Waals surface area contributed by atoms with E-state index < -0.39 is 0 Å². The van der Waals surface area contributed by atoms with Gasteiger partial charge in [0.2, 0.25) is 0 Å². The van der Waals surface area contributed by atoms with Crippen molar-refractivity contribution in [2.75, 3.05) is 13.1 Å². The Hall–Kier alpha value is -0.860. The van der Waals surface area contributed by atoms with Gasteiger partial charge >= 0.3 is 0 Å². The van der Waals surface area contributed by atoms with Gasteiger partial charge in [-0.25, -0.2) is 0 Å². The maximum atomic E-state index is 5.96. The fraction of sp³-hybridized carbons (Fsp3) is 0.500. The molecule has 1 fully saturated rings. The van der Waals surface area contributed by atoms with Crippen LogP contribution in [0, 0.1) is 6.92 Å². The predicted octanol–water partition coefficient (Wildman–Crippen LogP) is 1.53. The number of nitrogens with two attached hydrogens (primary N) is 1. The van der Waals surface area contributed by atoms with Gasteiger partial charge in [0.15, 0.2) is 0 Å². The van der Waals surface area contributed by atoms with Crippen molar-refractivity contribution >= 4 is 0 Å². The first-order valence-electron chi connectivity index (χ1n) is 5.13. The summed E-state index contributed by atoms with van der Waals surface area (Å²) in [7, 11) is 0. The van der Waals surface area contributed by atoms with E-state index >= 15 is 0 Å². The van der Waals surface area contributed by atoms with E-state index in [4.69, 9.17) is 5.73 Å². The van der Waals surface area contributed by atoms with Crippen molar-refractivity contribution in [1.82, 2.24) is 4.90 Å². The number of hydrogen-bond donors (Lipinski definition) is 1. The predicted molar refractivity (Wildman–Crippen MR) is 59.0 cm³/mol. The topological polar surface area (TPSA) is 29.3 Å². The lowest BCUT2D eigenvalue weighted by molar-refractivity contribution is 0.0762. The van der Waals surface area contributed by atoms with Crippen LogP contribution in [0.3, 0.4) is 0 Å². The molecule has 76 valence electrons. The zero-order valence-electron chi connectivity index (χ0n) is 8.96. The number of aryl methyl sites for hydroxylation is 1. The molecular formula is C12H18N2. The highest BCUT2D eigenvalue weighted by Crippen LogP contribution is 2.20. The van der Waals surface area contributed by atoms with Gasteiger partial charge in [-0.3, -0.25) is 4.90 Å². The lowest BCUT2D eigenvalue weighted by Gasteiger charge is -2.45. The van der Waals surface area contributed by atoms with Crippen molar-refractivity contribution in [1.29, 1.82) is 0 Å². The van der Waals surface area contributed by atoms with Gasteiger partial charge in [-0.1, -0.05) is 24.3 Å². The van der Waals surface area contributed by atoms with Gasteiger partial charge in [-0.15, -0.1) is 0 Å². The maximum Gasteiger partial charge on any atom is 0.0384 e. The number of benzene rings is 1. The molecule has 0 bridgehead atoms. The standard InChI is InChI=1S/C12H18N2/c1-10-5-3-4-6-11(10)7-14-8-12(2,13)9-14/h3-6H,7-9,13H2,1-2H3. The van der Waals surface area contributed by atoms with Crippen molar-refractivity contribution in [2.24, 2.45) is 5.73 Å². The Morgan fingerprint density at radius 2 is 2.00 bits per heavy atom. The van der Waals surface area contributed by atoms with Gasteiger partial charge < -0.3 is 5.73 Å². The van der Waals surface area contributed by atoms with E-state index in [1.54, 1.807) is 0 Å². The first-order chi connectivity index (χ1) is 6.57. The minimum atomic E-state index is 0.0443. The Morgan fingerprint density at radius 1 is 1.36 bits per heavy atom. The van der Waals surface area contributed by atoms with E-state index in [1.165, 1.54) is 11.1 Å². The van der Waals surface area contributed by atoms with Crippen LogP contribution in [0.4, 0.5) is 0 Å². The molecule has 0 amide bonds. The van der Waals surface area contributed by atoms with Crippen LogP contribution in [0.1, 0.15) is 18.1 Å². The molecule has 0 atom stereocenters. The van der Waals surface area contributed by atoms with Crippen LogP contribution >= 0.6 is 0 Å². The monoisotopic (exact) mass is 190 g/mol. The molecule has 2 heteroatoms. The molecule has 0 saturated carbocycles. The van der Waals surface area contributed by atoms with E-state index in [2.05, 4.69) is 43.0 Å². The van der Waals surface area contributed by atoms with Gasteiger partial charge in [0.05, 0.1) is 0 Å². The van der Waals surface area contributed by atoms with Crippen LogP contribution in [0.25, 0.3) is 0 Å². The second-order valence-corrected chi connectivity index (χ2v) is 4.73. The first kappa shape index (κ1) is 9.69. The van der Waals surface area contributed by atoms with Crippen LogP contribution in [-0.2, 0) is 6.54 Å². The first-order valence-corrected chi connectivity index (χ1v) is 5.13. The fourth-order valence-corrected chi connectivity index (χ4v) is 2.12. The van der Waals surface area contributed by atoms with Crippen molar-refractivity contribution in [2.45, 2.75) is 25.9 Å². The van der Waals surface area contributed by atoms with Gasteiger partial charge in [0.25, 0.3) is 0 Å². The van der Waals surface area contributed by atoms with Crippen molar-refractivity contribution in [3.8, 4) is 0 Å². The highest BCUT2D eigenvalue weighted by molar-refractivity contribution is 5.25. The fourth-order valence-electron chi connectivity index (χ4n) is 2.12. The third kappa shape index (κ3) is 1.97. The van der Waals surface area contributed by atoms with E-state index in [9.17, 15) is 0 Å². The van der Waals surface area contributed by atoms with Gasteiger partial charge in [-0.05, 0) is 25.0 Å². The van der Waals surface area contributed by atoms with E-state index in [0.717, 1.165) is 19.6 Å². The average molecular weight is 190 g/mol. The molecule has 2 nitrogen and oxygen atoms in total. The number of nitrogens with zero attached hydrogens (tertiary/aromatic N) is 1. The molecule has 1 aromatic carbocycles. The molecule has 0 aromatic heterocycles. The molecule has 0 aliphatic carbocycles. The smallest absolute Gasteiger partial charge is 0.0384 e. The molecule has 1 aliphatic heterocycles. The zero-order valence-corrected chi connectivity index (χ0v) is 8.96. The third-order valence-corrected chi connectivity index (χ3v) is 2.82. The Labute approximate surface area is 85.7 Å². The van der Waals surface area contributed by atoms with Crippen molar-refractivity contribution in [3.63, 3.8) is 0 Å². The molecule has 2 N–H and O–H groups in total. The summed E-state index contributed by atoms with van der Waals surface area (Å²) in [5, 5.41) is 0. The molecule has 2 rings (SSSR count). The largest absolute Gasteiger partial charge is 0.323 e. The van der Waals surface area contributed by atoms with Gasteiger partial charge in [0, 0.05) is 25.2 Å². The van der Waals surface area contributed by atoms with Crippen LogP contribution < -0.4 is 5.73 Å². The Morgan fingerprint density at radius 3 is 2.57 bits per heavy atom. The van der Waals surface area contributed by atoms with E-state index in [1.807, 2.05) is 0 Å². The molecule has 1 aromatic rings. The summed E-state index contributed by atoms with van der Waals surface area (Å²) in [4.78, 5) is 2.39. The minimum Gasteiger partial charge on any atom is -0.323 e. The SMILES string of the molecule is Cc1ccccc1CN1CC(C)(N)C1. The van der Waals surface area contributed by atoms with Crippen molar-refractivity contribution < 1.29 is 0 Å². The highest BCUT2D eigenvalue weighted by Gasteiger charge is 2.34. The van der Waals surface area contributed by atoms with Crippen LogP contribution in [0.5, 0.6) is 0 Å². The zero-order chi connectivity index (χ0) is 10.2. The van der Waals surface area contributed by atoms with Gasteiger partial charge in [0.1, 0.15) is 0 Å². The number of likely N-dealkylation sites (tertiary alicyclic amines) is 1. The minimum absolute atomic E-state index is 0.0443. The van der Waals surface area contributed by atoms with Crippen LogP contribution in [-0.4, -0.2) is 23.5 Å². The Bertz CT molecular complexity index is 323. The molecular weight excluding hydrogens is 172 g/mol. The highest BCUT2D eigenvalue weighted by atomic mass is 15.2. The molecule has 0 unspecified atom stereocenters. The normalized spacial score (nSPS) is 20.5. The molecule has 1 heterocycles. The maximum absolute atomic E-state index is 5.96. The summed E-state index contributed by atoms with van der Waals surface area (Å²) in [6.45, 7) is 7.35. The number of rotatable bonds is 2. The van der Waals surface area contributed by atoms with Crippen molar-refractivity contribution in [3.05, 3.63) is 35.4 Å². The summed E-state index contributed by atoms with van der Waals surface area (Å²) in [5.74, 6) is 0. The summed E-state index contributed by atoms with van der Waals surface area (Å²) in [5.41, 5.74) is 8.80. The van der Waals surface area contributed by atoms with Gasteiger partial charge in [-0.2, -0.15) is 0 Å². The average Bonchev–Trinajstić information content (AvgIpc) is 2.05. The molecule has 0 radical (unpaired) electrons. The molecule has 14 heavy (non-hydrogen) atoms. The summed E-state index contributed by atoms with van der Waals surface area (Å²) >= 11 is 0. The lowest BCUT2D eigenvalue weighted by atomic mass is 9.93. The number of hydrogen-bond acceptors (Lipinski definition) is 2. The Kier molecular flexibility index (Phi) is 2.33. The molecule has 1 saturated heterocycles. The lowest BCUT2D eigenvalue weighted by Crippen LogP contribution is -2.64. The summed E-state index contributed by atoms with van der Waals surface area (Å²) in [6.07, 6.45) is 0. The summed E-state index contributed by atoms with van der Waals surface area (Å²) in [6, 6.07) is 8.55. The third-order valence-electron chi connectivity index (χ3n) is 2.82. The van der Waals surface area contributed by atoms with Crippen LogP contribution in [0.2, 0.25) is 0 Å². The molecule has 1 aliphatic rings. The van der Waals surface area contributed by atoms with Crippen LogP contribution in [0.15, 0.2) is 24.3 Å². The Balaban J connectivity index is 1.97. The molecule has 0 spiro atoms. The van der Waals surface area contributed by atoms with E-state index in [-0.39, 0.29) is 5.54 Å². The summed E-state index contributed by atoms with van der Waals surface area (Å²) < 4.78 is 0. The van der Waals surface area contributed by atoms with E-state index in [0.29, 0.717) is 0 Å². The second kappa shape index (κ2) is 3.37. The second-order valence-electron chi connectivity index (χ2n) is 4.73.